The first kappa shape index (κ1) is 21.5. The van der Waals surface area contributed by atoms with E-state index in [4.69, 9.17) is 18.9 Å². The number of carbonyl (C=O) groups is 2. The number of rotatable bonds is 7. The summed E-state index contributed by atoms with van der Waals surface area (Å²) in [4.78, 5) is 28.1. The highest BCUT2D eigenvalue weighted by molar-refractivity contribution is 5.96. The molecule has 1 heterocycles. The van der Waals surface area contributed by atoms with Gasteiger partial charge in [-0.05, 0) is 19.3 Å². The monoisotopic (exact) mass is 413 g/mol. The van der Waals surface area contributed by atoms with Crippen LogP contribution in [0.25, 0.3) is 0 Å². The number of amides is 1. The highest BCUT2D eigenvalue weighted by atomic mass is 16.6. The lowest BCUT2D eigenvalue weighted by Gasteiger charge is -2.30. The minimum absolute atomic E-state index is 0.155. The predicted molar refractivity (Wildman–Crippen MR) is 111 cm³/mol. The quantitative estimate of drug-likeness (QED) is 0.646. The standard InChI is InChI=1S/C23H27NO6/c1-27-18-15-20(29-3)19(28-2)14-17(18)23(26)30-21(16-10-6-4-7-11-16)22(25)24-12-8-5-9-13-24/h4,6-7,10-11,14-15,21H,5,8-9,12-13H2,1-3H3/t21-/m0/s1. The minimum atomic E-state index is -1.03. The summed E-state index contributed by atoms with van der Waals surface area (Å²) in [5, 5.41) is 0. The Kier molecular flexibility index (Phi) is 7.17. The molecule has 0 aromatic heterocycles. The number of esters is 1. The smallest absolute Gasteiger partial charge is 0.343 e. The van der Waals surface area contributed by atoms with Gasteiger partial charge in [0.05, 0.1) is 21.3 Å². The number of piperidine rings is 1. The van der Waals surface area contributed by atoms with E-state index in [1.807, 2.05) is 18.2 Å². The Balaban J connectivity index is 1.92. The third-order valence-electron chi connectivity index (χ3n) is 5.14. The Hall–Kier alpha value is -3.22. The van der Waals surface area contributed by atoms with Gasteiger partial charge >= 0.3 is 5.97 Å². The average molecular weight is 413 g/mol. The Morgan fingerprint density at radius 1 is 0.833 bits per heavy atom. The summed E-state index contributed by atoms with van der Waals surface area (Å²) >= 11 is 0. The molecule has 1 saturated heterocycles. The minimum Gasteiger partial charge on any atom is -0.496 e. The van der Waals surface area contributed by atoms with Crippen molar-refractivity contribution in [3.63, 3.8) is 0 Å². The molecule has 0 N–H and O–H groups in total. The van der Waals surface area contributed by atoms with Gasteiger partial charge in [0, 0.05) is 30.8 Å². The van der Waals surface area contributed by atoms with Gasteiger partial charge in [-0.2, -0.15) is 0 Å². The molecule has 2 aromatic rings. The summed E-state index contributed by atoms with van der Waals surface area (Å²) in [6.45, 7) is 1.33. The zero-order chi connectivity index (χ0) is 21.5. The molecule has 3 rings (SSSR count). The molecular weight excluding hydrogens is 386 g/mol. The molecule has 1 amide bonds. The SMILES string of the molecule is COc1cc(OC)c(C(=O)O[C@H](C(=O)N2CCCCC2)c2ccccc2)cc1OC. The highest BCUT2D eigenvalue weighted by Gasteiger charge is 2.31. The van der Waals surface area contributed by atoms with Gasteiger partial charge < -0.3 is 23.8 Å². The fourth-order valence-electron chi connectivity index (χ4n) is 3.53. The van der Waals surface area contributed by atoms with Crippen molar-refractivity contribution in [3.05, 3.63) is 53.6 Å². The molecule has 160 valence electrons. The summed E-state index contributed by atoms with van der Waals surface area (Å²) in [6.07, 6.45) is 1.97. The molecule has 0 bridgehead atoms. The summed E-state index contributed by atoms with van der Waals surface area (Å²) in [5.41, 5.74) is 0.781. The number of likely N-dealkylation sites (tertiary alicyclic amines) is 1. The second-order valence-electron chi connectivity index (χ2n) is 6.99. The Morgan fingerprint density at radius 3 is 2.03 bits per heavy atom. The van der Waals surface area contributed by atoms with E-state index in [-0.39, 0.29) is 17.2 Å². The molecule has 7 heteroatoms. The topological polar surface area (TPSA) is 74.3 Å². The lowest BCUT2D eigenvalue weighted by molar-refractivity contribution is -0.142. The maximum Gasteiger partial charge on any atom is 0.343 e. The van der Waals surface area contributed by atoms with Crippen molar-refractivity contribution in [2.24, 2.45) is 0 Å². The molecule has 0 unspecified atom stereocenters. The Morgan fingerprint density at radius 2 is 1.43 bits per heavy atom. The van der Waals surface area contributed by atoms with Crippen LogP contribution in [-0.2, 0) is 9.53 Å². The van der Waals surface area contributed by atoms with E-state index in [2.05, 4.69) is 0 Å². The van der Waals surface area contributed by atoms with E-state index in [0.29, 0.717) is 30.2 Å². The van der Waals surface area contributed by atoms with Gasteiger partial charge in [0.15, 0.2) is 11.5 Å². The van der Waals surface area contributed by atoms with Crippen molar-refractivity contribution in [3.8, 4) is 17.2 Å². The van der Waals surface area contributed by atoms with Crippen LogP contribution in [0.5, 0.6) is 17.2 Å². The van der Waals surface area contributed by atoms with Crippen LogP contribution in [-0.4, -0.2) is 51.2 Å². The number of hydrogen-bond donors (Lipinski definition) is 0. The lowest BCUT2D eigenvalue weighted by atomic mass is 10.1. The van der Waals surface area contributed by atoms with Crippen molar-refractivity contribution in [1.82, 2.24) is 4.90 Å². The van der Waals surface area contributed by atoms with Crippen LogP contribution >= 0.6 is 0 Å². The lowest BCUT2D eigenvalue weighted by Crippen LogP contribution is -2.40. The maximum atomic E-state index is 13.2. The molecule has 0 saturated carbocycles. The fourth-order valence-corrected chi connectivity index (χ4v) is 3.53. The van der Waals surface area contributed by atoms with Crippen LogP contribution < -0.4 is 14.2 Å². The van der Waals surface area contributed by atoms with Crippen molar-refractivity contribution >= 4 is 11.9 Å². The highest BCUT2D eigenvalue weighted by Crippen LogP contribution is 2.36. The molecule has 0 radical (unpaired) electrons. The average Bonchev–Trinajstić information content (AvgIpc) is 2.82. The van der Waals surface area contributed by atoms with E-state index >= 15 is 0 Å². The molecule has 1 fully saturated rings. The molecule has 1 aliphatic heterocycles. The molecule has 0 aliphatic carbocycles. The second-order valence-corrected chi connectivity index (χ2v) is 6.99. The van der Waals surface area contributed by atoms with E-state index in [0.717, 1.165) is 19.3 Å². The number of methoxy groups -OCH3 is 3. The van der Waals surface area contributed by atoms with Gasteiger partial charge in [-0.15, -0.1) is 0 Å². The summed E-state index contributed by atoms with van der Waals surface area (Å²) in [5.74, 6) is 0.175. The van der Waals surface area contributed by atoms with Gasteiger partial charge in [-0.25, -0.2) is 4.79 Å². The van der Waals surface area contributed by atoms with Crippen LogP contribution in [0, 0.1) is 0 Å². The molecule has 30 heavy (non-hydrogen) atoms. The Bertz CT molecular complexity index is 877. The molecule has 0 spiro atoms. The second kappa shape index (κ2) is 10.0. The van der Waals surface area contributed by atoms with Crippen LogP contribution in [0.2, 0.25) is 0 Å². The zero-order valence-electron chi connectivity index (χ0n) is 17.6. The van der Waals surface area contributed by atoms with Crippen LogP contribution in [0.15, 0.2) is 42.5 Å². The molecule has 2 aromatic carbocycles. The van der Waals surface area contributed by atoms with Crippen LogP contribution in [0.3, 0.4) is 0 Å². The normalized spacial score (nSPS) is 14.6. The van der Waals surface area contributed by atoms with Crippen molar-refractivity contribution in [2.75, 3.05) is 34.4 Å². The van der Waals surface area contributed by atoms with E-state index in [1.165, 1.54) is 27.4 Å². The van der Waals surface area contributed by atoms with Gasteiger partial charge in [-0.3, -0.25) is 4.79 Å². The van der Waals surface area contributed by atoms with Gasteiger partial charge in [0.1, 0.15) is 11.3 Å². The number of hydrogen-bond acceptors (Lipinski definition) is 6. The molecule has 7 nitrogen and oxygen atoms in total. The van der Waals surface area contributed by atoms with Crippen molar-refractivity contribution in [2.45, 2.75) is 25.4 Å². The fraction of sp³-hybridized carbons (Fsp3) is 0.391. The van der Waals surface area contributed by atoms with Gasteiger partial charge in [-0.1, -0.05) is 30.3 Å². The maximum absolute atomic E-state index is 13.2. The molecular formula is C23H27NO6. The van der Waals surface area contributed by atoms with E-state index in [9.17, 15) is 9.59 Å². The molecule has 1 aliphatic rings. The number of carbonyl (C=O) groups excluding carboxylic acids is 2. The third-order valence-corrected chi connectivity index (χ3v) is 5.14. The first-order valence-corrected chi connectivity index (χ1v) is 9.93. The van der Waals surface area contributed by atoms with Crippen LogP contribution in [0.4, 0.5) is 0 Å². The van der Waals surface area contributed by atoms with Gasteiger partial charge in [0.2, 0.25) is 6.10 Å². The summed E-state index contributed by atoms with van der Waals surface area (Å²) in [7, 11) is 4.43. The number of ether oxygens (including phenoxy) is 4. The molecule has 1 atom stereocenters. The first-order valence-electron chi connectivity index (χ1n) is 9.93. The largest absolute Gasteiger partial charge is 0.496 e. The number of nitrogens with zero attached hydrogens (tertiary/aromatic N) is 1. The van der Waals surface area contributed by atoms with E-state index in [1.54, 1.807) is 23.1 Å². The van der Waals surface area contributed by atoms with Gasteiger partial charge in [0.25, 0.3) is 5.91 Å². The van der Waals surface area contributed by atoms with Crippen molar-refractivity contribution < 1.29 is 28.5 Å². The number of benzene rings is 2. The summed E-state index contributed by atoms with van der Waals surface area (Å²) < 4.78 is 21.6. The zero-order valence-corrected chi connectivity index (χ0v) is 17.6. The van der Waals surface area contributed by atoms with E-state index < -0.39 is 12.1 Å². The first-order chi connectivity index (χ1) is 14.6. The van der Waals surface area contributed by atoms with Crippen molar-refractivity contribution in [1.29, 1.82) is 0 Å². The van der Waals surface area contributed by atoms with Crippen LogP contribution in [0.1, 0.15) is 41.3 Å². The Labute approximate surface area is 176 Å². The summed E-state index contributed by atoms with van der Waals surface area (Å²) in [6, 6.07) is 12.1. The third kappa shape index (κ3) is 4.67. The predicted octanol–water partition coefficient (Wildman–Crippen LogP) is 3.62.